The fourth-order valence-electron chi connectivity index (χ4n) is 12.5. The maximum absolute atomic E-state index is 15.5. The third-order valence-electron chi connectivity index (χ3n) is 17.8. The van der Waals surface area contributed by atoms with Crippen LogP contribution in [-0.4, -0.2) is 191 Å². The summed E-state index contributed by atoms with van der Waals surface area (Å²) in [5.74, 6) is -10.8. The number of hydrogen-bond acceptors (Lipinski definition) is 25. The monoisotopic (exact) mass is 1450 g/mol. The van der Waals surface area contributed by atoms with Crippen LogP contribution in [0, 0.1) is 5.92 Å². The Morgan fingerprint density at radius 3 is 1.94 bits per heavy atom. The minimum Gasteiger partial charge on any atom is -0.508 e. The lowest BCUT2D eigenvalue weighted by Crippen LogP contribution is -2.64. The Kier molecular flexibility index (Phi) is 22.7. The topological polar surface area (TPSA) is 496 Å². The third kappa shape index (κ3) is 15.8. The molecule has 0 saturated carbocycles. The first kappa shape index (κ1) is 74.4. The van der Waals surface area contributed by atoms with Crippen LogP contribution < -0.4 is 62.9 Å². The molecule has 0 aromatic heterocycles. The number of nitrogens with one attached hydrogen (secondary N) is 7. The Labute approximate surface area is 586 Å². The van der Waals surface area contributed by atoms with Gasteiger partial charge in [0.1, 0.15) is 94.5 Å². The highest BCUT2D eigenvalue weighted by Crippen LogP contribution is 2.50. The van der Waals surface area contributed by atoms with Gasteiger partial charge >= 0.3 is 0 Å². The van der Waals surface area contributed by atoms with Gasteiger partial charge in [0, 0.05) is 29.2 Å². The molecule has 0 aliphatic carbocycles. The van der Waals surface area contributed by atoms with Gasteiger partial charge in [-0.2, -0.15) is 0 Å². The second-order valence-electron chi connectivity index (χ2n) is 25.7. The zero-order chi connectivity index (χ0) is 72.7. The highest BCUT2D eigenvalue weighted by Gasteiger charge is 2.51. The minimum atomic E-state index is -2.07. The molecule has 7 heterocycles. The number of carbonyl (C=O) groups is 6. The van der Waals surface area contributed by atoms with Gasteiger partial charge in [0.15, 0.2) is 23.9 Å². The van der Waals surface area contributed by atoms with Crippen LogP contribution in [0.1, 0.15) is 105 Å². The molecule has 0 radical (unpaired) electrons. The number of hydrogen-bond donors (Lipinski definition) is 19. The maximum atomic E-state index is 15.5. The lowest BCUT2D eigenvalue weighted by molar-refractivity contribution is -0.333. The van der Waals surface area contributed by atoms with E-state index in [9.17, 15) is 70.2 Å². The summed E-state index contributed by atoms with van der Waals surface area (Å²) in [4.78, 5) is 87.3. The summed E-state index contributed by atoms with van der Waals surface area (Å²) in [6, 6.07) is 2.81. The number of carbonyl (C=O) groups excluding carboxylic acids is 6. The molecule has 5 aromatic rings. The fourth-order valence-corrected chi connectivity index (χ4v) is 13.3. The smallest absolute Gasteiger partial charge is 0.247 e. The number of nitrogens with two attached hydrogens (primary N) is 2. The molecule has 11 bridgehead atoms. The molecule has 21 N–H and O–H groups in total. The van der Waals surface area contributed by atoms with Gasteiger partial charge < -0.3 is 128 Å². The van der Waals surface area contributed by atoms with Crippen molar-refractivity contribution in [3.63, 3.8) is 0 Å². The standard InChI is InChI=1S/C66H77Cl2N9O22S/c1-24(2)12-35(71-5)59(89)75-50-52(84)27-7-10-40(33(67)14-27)95-42-16-29-17-43(56(42)99-65-57(55(87)54(86)44(23-79)97-65)98-46-21-66(4,70)58(88)25(3)94-46)96-41-11-8-28(15-34(41)68)53(85)51-63(93)73-37(22-78)31-18-30(80)19-39(82)47(31)32-13-26(6-9-38(32)81)48(61(91)76-51)77-64(100)49(29)74-60(90)36(20-45(69)83)72-62(50)92/h6-11,13-19,24-25,35-37,44,46,48-55,57-58,65,71,78-82,84-88H,12,20-23,70H2,1-5H3,(H2,69,83)(H,72,92)(H,73,93)(H,74,90)(H,75,89)(H,76,91)(H,77,100)/t25-,35+,36-,37+,44+,46-,48+,49+,50+,51-,52+,53+,54+,55-,57+,58+,65-,66-/m0/s1. The molecular weight excluding hydrogens is 1370 g/mol. The van der Waals surface area contributed by atoms with Crippen LogP contribution in [0.4, 0.5) is 0 Å². The molecule has 31 nitrogen and oxygen atoms in total. The van der Waals surface area contributed by atoms with Crippen molar-refractivity contribution in [2.24, 2.45) is 17.4 Å². The van der Waals surface area contributed by atoms with Crippen molar-refractivity contribution in [1.29, 1.82) is 0 Å². The van der Waals surface area contributed by atoms with Crippen LogP contribution in [0.5, 0.6) is 46.0 Å². The maximum Gasteiger partial charge on any atom is 0.247 e. The van der Waals surface area contributed by atoms with Crippen LogP contribution in [-0.2, 0) is 43.0 Å². The number of halogens is 2. The summed E-state index contributed by atoms with van der Waals surface area (Å²) in [7, 11) is 1.50. The SMILES string of the molecule is CN[C@H](CC(C)C)C(=O)N[C@H]1C(=O)N[C@@H](CC(N)=O)C(=O)N[C@H]2C(=S)N[C@H]3C(=O)N[C@H](C(=O)N[C@H](CO)c4cc(O)cc(O)c4-c4cc3ccc4O)[C@H](O)c3ccc(c(Cl)c3)Oc3cc2cc(c3O[C@@H]2O[C@H](CO)[C@@H](O)[C@H](O)[C@H]2O[C@H]2C[C@](C)(N)[C@H](O)[C@H](C)O2)Oc2ccc(cc2Cl)[C@H]1O. The molecule has 100 heavy (non-hydrogen) atoms. The molecule has 2 saturated heterocycles. The van der Waals surface area contributed by atoms with E-state index in [1.165, 1.54) is 75.5 Å². The molecule has 7 aliphatic rings. The lowest BCUT2D eigenvalue weighted by Gasteiger charge is -2.47. The Balaban J connectivity index is 1.24. The first-order chi connectivity index (χ1) is 47.3. The number of rotatable bonds is 13. The average Bonchev–Trinajstić information content (AvgIpc) is 0.770. The number of thiocarbonyl (C=S) groups is 1. The number of ether oxygens (including phenoxy) is 6. The second-order valence-corrected chi connectivity index (χ2v) is 26.9. The Morgan fingerprint density at radius 2 is 1.35 bits per heavy atom. The van der Waals surface area contributed by atoms with E-state index in [-0.39, 0.29) is 79.2 Å². The van der Waals surface area contributed by atoms with E-state index in [1.807, 2.05) is 13.8 Å². The summed E-state index contributed by atoms with van der Waals surface area (Å²) in [5, 5.41) is 133. The van der Waals surface area contributed by atoms with Crippen LogP contribution in [0.25, 0.3) is 11.1 Å². The summed E-state index contributed by atoms with van der Waals surface area (Å²) < 4.78 is 38.7. The van der Waals surface area contributed by atoms with Crippen molar-refractivity contribution < 1.29 is 108 Å². The predicted octanol–water partition coefficient (Wildman–Crippen LogP) is 0.815. The quantitative estimate of drug-likeness (QED) is 0.0725. The van der Waals surface area contributed by atoms with Gasteiger partial charge in [-0.3, -0.25) is 28.8 Å². The molecular formula is C66H77Cl2N9O22S. The van der Waals surface area contributed by atoms with Crippen molar-refractivity contribution in [3.8, 4) is 57.1 Å². The Hall–Kier alpha value is -8.29. The van der Waals surface area contributed by atoms with Gasteiger partial charge in [0.2, 0.25) is 47.5 Å². The molecule has 7 aliphatic heterocycles. The van der Waals surface area contributed by atoms with Gasteiger partial charge in [0.05, 0.1) is 54.0 Å². The summed E-state index contributed by atoms with van der Waals surface area (Å²) in [5.41, 5.74) is 9.63. The van der Waals surface area contributed by atoms with Gasteiger partial charge in [-0.15, -0.1) is 0 Å². The van der Waals surface area contributed by atoms with E-state index in [0.717, 1.165) is 24.3 Å². The van der Waals surface area contributed by atoms with E-state index in [2.05, 4.69) is 37.2 Å². The summed E-state index contributed by atoms with van der Waals surface area (Å²) in [6.45, 7) is 4.86. The number of aliphatic hydroxyl groups is 7. The number of likely N-dealkylation sites (N-methyl/N-ethyl adjacent to an activating group) is 1. The number of amides is 6. The van der Waals surface area contributed by atoms with E-state index >= 15 is 9.59 Å². The third-order valence-corrected chi connectivity index (χ3v) is 18.7. The minimum absolute atomic E-state index is 0.0695. The first-order valence-electron chi connectivity index (χ1n) is 31.6. The first-order valence-corrected chi connectivity index (χ1v) is 32.8. The number of phenolic OH excluding ortho intramolecular Hbond substituents is 3. The van der Waals surface area contributed by atoms with Crippen molar-refractivity contribution in [1.82, 2.24) is 37.2 Å². The molecule has 0 unspecified atom stereocenters. The molecule has 538 valence electrons. The average molecular weight is 1450 g/mol. The van der Waals surface area contributed by atoms with Crippen molar-refractivity contribution in [2.45, 2.75) is 156 Å². The number of benzene rings is 5. The van der Waals surface area contributed by atoms with E-state index in [4.69, 9.17) is 75.3 Å². The van der Waals surface area contributed by atoms with E-state index < -0.39 is 204 Å². The summed E-state index contributed by atoms with van der Waals surface area (Å²) >= 11 is 20.5. The Morgan fingerprint density at radius 1 is 0.720 bits per heavy atom. The largest absolute Gasteiger partial charge is 0.508 e. The number of phenols is 3. The number of primary amides is 1. The highest BCUT2D eigenvalue weighted by atomic mass is 35.5. The molecule has 12 rings (SSSR count). The molecule has 5 aromatic carbocycles. The van der Waals surface area contributed by atoms with Crippen molar-refractivity contribution >= 4 is 75.9 Å². The van der Waals surface area contributed by atoms with Gasteiger partial charge in [-0.1, -0.05) is 67.5 Å². The van der Waals surface area contributed by atoms with Crippen molar-refractivity contribution in [2.75, 3.05) is 20.3 Å². The predicted molar refractivity (Wildman–Crippen MR) is 356 cm³/mol. The molecule has 0 spiro atoms. The van der Waals surface area contributed by atoms with E-state index in [1.54, 1.807) is 0 Å². The van der Waals surface area contributed by atoms with Gasteiger partial charge in [0.25, 0.3) is 0 Å². The van der Waals surface area contributed by atoms with Crippen LogP contribution in [0.3, 0.4) is 0 Å². The van der Waals surface area contributed by atoms with E-state index in [0.29, 0.717) is 0 Å². The van der Waals surface area contributed by atoms with Crippen LogP contribution in [0.15, 0.2) is 78.9 Å². The van der Waals surface area contributed by atoms with Gasteiger partial charge in [-0.05, 0) is 116 Å². The van der Waals surface area contributed by atoms with Gasteiger partial charge in [-0.25, -0.2) is 0 Å². The Bertz CT molecular complexity index is 3990. The normalized spacial score (nSPS) is 29.7. The number of fused-ring (bicyclic) bond motifs is 15. The second kappa shape index (κ2) is 30.5. The zero-order valence-corrected chi connectivity index (χ0v) is 56.5. The molecule has 18 atom stereocenters. The summed E-state index contributed by atoms with van der Waals surface area (Å²) in [6.07, 6.45) is -17.8. The van der Waals surface area contributed by atoms with Crippen molar-refractivity contribution in [3.05, 3.63) is 117 Å². The molecule has 2 fully saturated rings. The highest BCUT2D eigenvalue weighted by molar-refractivity contribution is 7.80. The van der Waals surface area contributed by atoms with Crippen LogP contribution in [0.2, 0.25) is 10.0 Å². The lowest BCUT2D eigenvalue weighted by atomic mass is 9.86. The number of aliphatic hydroxyl groups excluding tert-OH is 7. The molecule has 6 amide bonds. The van der Waals surface area contributed by atoms with Crippen LogP contribution >= 0.6 is 35.4 Å². The molecule has 34 heteroatoms. The fraction of sp³-hybridized carbons (Fsp3) is 0.439. The zero-order valence-electron chi connectivity index (χ0n) is 54.1. The number of aromatic hydroxyl groups is 3.